The Kier molecular flexibility index (Phi) is 5.92. The number of aromatic carboxylic acids is 1. The van der Waals surface area contributed by atoms with Gasteiger partial charge in [0.15, 0.2) is 0 Å². The van der Waals surface area contributed by atoms with Gasteiger partial charge in [0, 0.05) is 11.5 Å². The number of hydrogen-bond donors (Lipinski definition) is 2. The lowest BCUT2D eigenvalue weighted by molar-refractivity contribution is -0.131. The molecule has 2 aliphatic heterocycles. The number of fused-ring (bicyclic) bond motifs is 4. The van der Waals surface area contributed by atoms with Crippen LogP contribution in [0.15, 0.2) is 90.5 Å². The minimum Gasteiger partial charge on any atom is -0.508 e. The summed E-state index contributed by atoms with van der Waals surface area (Å²) in [4.78, 5) is 70.2. The first kappa shape index (κ1) is 26.8. The van der Waals surface area contributed by atoms with E-state index in [2.05, 4.69) is 0 Å². The maximum atomic E-state index is 14.3. The summed E-state index contributed by atoms with van der Waals surface area (Å²) in [5.41, 5.74) is 0.600. The number of imide groups is 2. The third-order valence-electron chi connectivity index (χ3n) is 9.89. The summed E-state index contributed by atoms with van der Waals surface area (Å²) in [5.74, 6) is -6.36. The van der Waals surface area contributed by atoms with Crippen molar-refractivity contribution in [3.8, 4) is 5.75 Å². The standard InChI is InChI=1S/C34H28N2O7/c1-34-25(30(39)36(33(34)43)19-9-3-2-4-10-19)17-24-21(28(34)22-12-5-6-13-26(22)37)14-15-23-27(24)31(40)35(29(23)38)20-11-7-8-18(16-20)32(41)42/h2-14,16,23-25,27-28,37H,15,17H2,1H3,(H,41,42). The van der Waals surface area contributed by atoms with Gasteiger partial charge in [0.1, 0.15) is 5.75 Å². The van der Waals surface area contributed by atoms with Crippen LogP contribution in [0.3, 0.4) is 0 Å². The summed E-state index contributed by atoms with van der Waals surface area (Å²) in [7, 11) is 0. The molecule has 2 saturated heterocycles. The zero-order chi connectivity index (χ0) is 30.2. The van der Waals surface area contributed by atoms with Gasteiger partial charge in [0.2, 0.25) is 23.6 Å². The van der Waals surface area contributed by atoms with Crippen LogP contribution in [0.4, 0.5) is 11.4 Å². The number of phenols is 1. The molecule has 3 fully saturated rings. The number of rotatable bonds is 4. The maximum Gasteiger partial charge on any atom is 0.335 e. The molecule has 0 spiro atoms. The van der Waals surface area contributed by atoms with Crippen LogP contribution in [0, 0.1) is 29.1 Å². The molecule has 216 valence electrons. The molecule has 0 radical (unpaired) electrons. The van der Waals surface area contributed by atoms with E-state index in [1.54, 1.807) is 61.5 Å². The quantitative estimate of drug-likeness (QED) is 0.345. The summed E-state index contributed by atoms with van der Waals surface area (Å²) in [6.45, 7) is 1.77. The summed E-state index contributed by atoms with van der Waals surface area (Å²) in [6.07, 6.45) is 2.34. The van der Waals surface area contributed by atoms with E-state index in [4.69, 9.17) is 0 Å². The Morgan fingerprint density at radius 1 is 0.814 bits per heavy atom. The Balaban J connectivity index is 1.36. The Morgan fingerprint density at radius 3 is 2.23 bits per heavy atom. The van der Waals surface area contributed by atoms with Crippen LogP contribution >= 0.6 is 0 Å². The Bertz CT molecular complexity index is 1760. The van der Waals surface area contributed by atoms with E-state index in [0.29, 0.717) is 11.3 Å². The average molecular weight is 577 g/mol. The van der Waals surface area contributed by atoms with Gasteiger partial charge in [0.25, 0.3) is 0 Å². The Hall–Kier alpha value is -5.05. The van der Waals surface area contributed by atoms with Crippen LogP contribution < -0.4 is 9.80 Å². The molecule has 0 bridgehead atoms. The van der Waals surface area contributed by atoms with Gasteiger partial charge < -0.3 is 10.2 Å². The summed E-state index contributed by atoms with van der Waals surface area (Å²) < 4.78 is 0. The number of carboxylic acid groups (broad SMARTS) is 1. The van der Waals surface area contributed by atoms with Crippen LogP contribution in [0.2, 0.25) is 0 Å². The highest BCUT2D eigenvalue weighted by molar-refractivity contribution is 6.25. The van der Waals surface area contributed by atoms with E-state index < -0.39 is 52.8 Å². The van der Waals surface area contributed by atoms with Crippen molar-refractivity contribution in [2.24, 2.45) is 29.1 Å². The fourth-order valence-electron chi connectivity index (χ4n) is 7.95. The van der Waals surface area contributed by atoms with E-state index in [0.717, 1.165) is 10.5 Å². The largest absolute Gasteiger partial charge is 0.508 e. The number of aromatic hydroxyl groups is 1. The molecule has 6 atom stereocenters. The van der Waals surface area contributed by atoms with Crippen molar-refractivity contribution in [3.05, 3.63) is 102 Å². The molecule has 1 saturated carbocycles. The van der Waals surface area contributed by atoms with Gasteiger partial charge in [-0.05, 0) is 62.1 Å². The third kappa shape index (κ3) is 3.67. The van der Waals surface area contributed by atoms with Crippen LogP contribution in [0.25, 0.3) is 0 Å². The number of para-hydroxylation sites is 2. The molecule has 6 unspecified atom stereocenters. The molecule has 43 heavy (non-hydrogen) atoms. The Labute approximate surface area is 247 Å². The minimum absolute atomic E-state index is 0.0181. The third-order valence-corrected chi connectivity index (χ3v) is 9.89. The zero-order valence-electron chi connectivity index (χ0n) is 23.2. The van der Waals surface area contributed by atoms with Crippen molar-refractivity contribution >= 4 is 41.0 Å². The zero-order valence-corrected chi connectivity index (χ0v) is 23.2. The van der Waals surface area contributed by atoms with E-state index in [-0.39, 0.29) is 41.7 Å². The number of carbonyl (C=O) groups is 5. The van der Waals surface area contributed by atoms with E-state index in [9.17, 15) is 34.2 Å². The highest BCUT2D eigenvalue weighted by Gasteiger charge is 2.68. The predicted molar refractivity (Wildman–Crippen MR) is 155 cm³/mol. The number of anilines is 2. The number of carbonyl (C=O) groups excluding carboxylic acids is 4. The van der Waals surface area contributed by atoms with Crippen LogP contribution in [-0.4, -0.2) is 39.8 Å². The molecule has 3 aromatic carbocycles. The van der Waals surface area contributed by atoms with Crippen LogP contribution in [0.5, 0.6) is 5.75 Å². The average Bonchev–Trinajstić information content (AvgIpc) is 3.37. The van der Waals surface area contributed by atoms with Crippen LogP contribution in [0.1, 0.15) is 41.6 Å². The van der Waals surface area contributed by atoms with Crippen molar-refractivity contribution in [1.29, 1.82) is 0 Å². The number of allylic oxidation sites excluding steroid dienone is 2. The smallest absolute Gasteiger partial charge is 0.335 e. The molecule has 3 aromatic rings. The van der Waals surface area contributed by atoms with E-state index in [1.807, 2.05) is 6.08 Å². The van der Waals surface area contributed by atoms with Gasteiger partial charge in [-0.1, -0.05) is 54.1 Å². The van der Waals surface area contributed by atoms with Gasteiger partial charge >= 0.3 is 5.97 Å². The molecule has 9 nitrogen and oxygen atoms in total. The molecular weight excluding hydrogens is 548 g/mol. The highest BCUT2D eigenvalue weighted by Crippen LogP contribution is 2.64. The highest BCUT2D eigenvalue weighted by atomic mass is 16.4. The normalized spacial score (nSPS) is 29.7. The molecule has 9 heteroatoms. The van der Waals surface area contributed by atoms with Gasteiger partial charge in [-0.15, -0.1) is 0 Å². The number of phenolic OH excluding ortho intramolecular Hbond substituents is 1. The summed E-state index contributed by atoms with van der Waals surface area (Å²) >= 11 is 0. The monoisotopic (exact) mass is 576 g/mol. The fraction of sp³-hybridized carbons (Fsp3) is 0.265. The molecule has 4 amide bonds. The number of benzene rings is 3. The SMILES string of the molecule is CC12C(=O)N(c3ccccc3)C(=O)C1CC1C(=CCC3C(=O)N(c4cccc(C(=O)O)c4)C(=O)C31)C2c1ccccc1O. The van der Waals surface area contributed by atoms with Crippen molar-refractivity contribution < 1.29 is 34.2 Å². The Morgan fingerprint density at radius 2 is 1.51 bits per heavy atom. The lowest BCUT2D eigenvalue weighted by atomic mass is 9.51. The molecule has 2 aliphatic carbocycles. The first-order chi connectivity index (χ1) is 20.6. The van der Waals surface area contributed by atoms with E-state index in [1.165, 1.54) is 29.2 Å². The van der Waals surface area contributed by atoms with E-state index >= 15 is 0 Å². The lowest BCUT2D eigenvalue weighted by Gasteiger charge is -2.49. The second-order valence-corrected chi connectivity index (χ2v) is 11.9. The van der Waals surface area contributed by atoms with Crippen molar-refractivity contribution in [3.63, 3.8) is 0 Å². The van der Waals surface area contributed by atoms with Crippen molar-refractivity contribution in [2.75, 3.05) is 9.80 Å². The molecule has 2 N–H and O–H groups in total. The maximum absolute atomic E-state index is 14.3. The lowest BCUT2D eigenvalue weighted by Crippen LogP contribution is -2.48. The fourth-order valence-corrected chi connectivity index (χ4v) is 7.95. The summed E-state index contributed by atoms with van der Waals surface area (Å²) in [5, 5.41) is 20.5. The number of carboxylic acids is 1. The predicted octanol–water partition coefficient (Wildman–Crippen LogP) is 4.53. The van der Waals surface area contributed by atoms with Gasteiger partial charge in [0.05, 0.1) is 40.1 Å². The molecule has 7 rings (SSSR count). The number of amides is 4. The van der Waals surface area contributed by atoms with Crippen molar-refractivity contribution in [2.45, 2.75) is 25.7 Å². The van der Waals surface area contributed by atoms with Crippen LogP contribution in [-0.2, 0) is 19.2 Å². The van der Waals surface area contributed by atoms with Gasteiger partial charge in [-0.3, -0.25) is 24.1 Å². The number of hydrogen-bond acceptors (Lipinski definition) is 6. The van der Waals surface area contributed by atoms with Crippen molar-refractivity contribution in [1.82, 2.24) is 0 Å². The molecule has 2 heterocycles. The molecular formula is C34H28N2O7. The van der Waals surface area contributed by atoms with Gasteiger partial charge in [-0.2, -0.15) is 0 Å². The second kappa shape index (κ2) is 9.49. The minimum atomic E-state index is -1.25. The molecule has 4 aliphatic rings. The number of nitrogens with zero attached hydrogens (tertiary/aromatic N) is 2. The second-order valence-electron chi connectivity index (χ2n) is 11.9. The topological polar surface area (TPSA) is 132 Å². The first-order valence-electron chi connectivity index (χ1n) is 14.3. The molecule has 0 aromatic heterocycles. The van der Waals surface area contributed by atoms with Gasteiger partial charge in [-0.25, -0.2) is 9.69 Å². The first-order valence-corrected chi connectivity index (χ1v) is 14.3. The summed E-state index contributed by atoms with van der Waals surface area (Å²) in [6, 6.07) is 21.2.